The summed E-state index contributed by atoms with van der Waals surface area (Å²) in [5.41, 5.74) is 1.88. The van der Waals surface area contributed by atoms with E-state index in [0.29, 0.717) is 20.9 Å². The number of nitrogens with zero attached hydrogens (tertiary/aromatic N) is 4. The Morgan fingerprint density at radius 1 is 1.16 bits per heavy atom. The molecular weight excluding hydrogens is 340 g/mol. The summed E-state index contributed by atoms with van der Waals surface area (Å²) >= 11 is 1.28. The summed E-state index contributed by atoms with van der Waals surface area (Å²) in [5.74, 6) is 0. The largest absolute Gasteiger partial charge is 0.274 e. The zero-order valence-electron chi connectivity index (χ0n) is 12.7. The van der Waals surface area contributed by atoms with Crippen molar-refractivity contribution in [2.45, 2.75) is 0 Å². The predicted octanol–water partition coefficient (Wildman–Crippen LogP) is 2.27. The van der Waals surface area contributed by atoms with Crippen LogP contribution in [0.4, 0.5) is 5.69 Å². The van der Waals surface area contributed by atoms with Crippen molar-refractivity contribution in [3.05, 3.63) is 85.6 Å². The standard InChI is InChI=1S/C17H10N4O3S/c22-16-15(9-12-3-1-2-8-18-12)25-17-19-14(10-20(16)17)11-4-6-13(7-5-11)21(23)24/h1-10H/b15-9+. The monoisotopic (exact) mass is 350 g/mol. The van der Waals surface area contributed by atoms with E-state index in [-0.39, 0.29) is 11.2 Å². The summed E-state index contributed by atoms with van der Waals surface area (Å²) < 4.78 is 2.03. The fraction of sp³-hybridized carbons (Fsp3) is 0. The summed E-state index contributed by atoms with van der Waals surface area (Å²) in [4.78, 5) is 32.0. The Balaban J connectivity index is 1.76. The lowest BCUT2D eigenvalue weighted by Gasteiger charge is -1.95. The topological polar surface area (TPSA) is 90.4 Å². The van der Waals surface area contributed by atoms with Gasteiger partial charge in [-0.25, -0.2) is 4.98 Å². The minimum absolute atomic E-state index is 0.0153. The van der Waals surface area contributed by atoms with Gasteiger partial charge in [-0.05, 0) is 30.3 Å². The van der Waals surface area contributed by atoms with E-state index in [1.807, 2.05) is 18.2 Å². The Labute approximate surface area is 144 Å². The number of pyridine rings is 1. The van der Waals surface area contributed by atoms with Gasteiger partial charge in [-0.1, -0.05) is 17.4 Å². The number of aromatic nitrogens is 3. The lowest BCUT2D eigenvalue weighted by molar-refractivity contribution is -0.384. The molecule has 8 heteroatoms. The molecule has 0 saturated heterocycles. The molecule has 0 saturated carbocycles. The van der Waals surface area contributed by atoms with Crippen LogP contribution in [-0.2, 0) is 0 Å². The third-order valence-electron chi connectivity index (χ3n) is 3.65. The van der Waals surface area contributed by atoms with Crippen LogP contribution < -0.4 is 10.1 Å². The van der Waals surface area contributed by atoms with Gasteiger partial charge < -0.3 is 0 Å². The van der Waals surface area contributed by atoms with Gasteiger partial charge in [0.05, 0.1) is 20.8 Å². The summed E-state index contributed by atoms with van der Waals surface area (Å²) in [6.07, 6.45) is 5.04. The van der Waals surface area contributed by atoms with Gasteiger partial charge in [0.15, 0.2) is 4.96 Å². The zero-order valence-corrected chi connectivity index (χ0v) is 13.5. The molecule has 0 amide bonds. The van der Waals surface area contributed by atoms with Crippen LogP contribution in [-0.4, -0.2) is 19.3 Å². The highest BCUT2D eigenvalue weighted by Crippen LogP contribution is 2.22. The van der Waals surface area contributed by atoms with Crippen molar-refractivity contribution in [1.29, 1.82) is 0 Å². The van der Waals surface area contributed by atoms with E-state index in [2.05, 4.69) is 9.97 Å². The van der Waals surface area contributed by atoms with E-state index in [9.17, 15) is 14.9 Å². The maximum atomic E-state index is 12.5. The van der Waals surface area contributed by atoms with E-state index in [1.165, 1.54) is 27.9 Å². The maximum absolute atomic E-state index is 12.5. The van der Waals surface area contributed by atoms with Gasteiger partial charge in [0.2, 0.25) is 0 Å². The number of nitro groups is 1. The van der Waals surface area contributed by atoms with E-state index >= 15 is 0 Å². The second-order valence-corrected chi connectivity index (χ2v) is 6.26. The van der Waals surface area contributed by atoms with Crippen molar-refractivity contribution in [3.8, 4) is 11.3 Å². The molecule has 0 radical (unpaired) electrons. The molecule has 0 N–H and O–H groups in total. The highest BCUT2D eigenvalue weighted by Gasteiger charge is 2.11. The average Bonchev–Trinajstić information content (AvgIpc) is 3.16. The summed E-state index contributed by atoms with van der Waals surface area (Å²) in [6, 6.07) is 11.6. The lowest BCUT2D eigenvalue weighted by Crippen LogP contribution is -2.22. The molecule has 3 heterocycles. The highest BCUT2D eigenvalue weighted by molar-refractivity contribution is 7.15. The molecule has 0 spiro atoms. The first kappa shape index (κ1) is 15.2. The van der Waals surface area contributed by atoms with Crippen molar-refractivity contribution in [2.24, 2.45) is 0 Å². The third kappa shape index (κ3) is 2.79. The highest BCUT2D eigenvalue weighted by atomic mass is 32.1. The molecule has 0 aliphatic heterocycles. The third-order valence-corrected chi connectivity index (χ3v) is 4.63. The molecule has 0 fully saturated rings. The lowest BCUT2D eigenvalue weighted by atomic mass is 10.1. The van der Waals surface area contributed by atoms with Crippen LogP contribution in [0, 0.1) is 10.1 Å². The number of fused-ring (bicyclic) bond motifs is 1. The van der Waals surface area contributed by atoms with Crippen molar-refractivity contribution in [2.75, 3.05) is 0 Å². The summed E-state index contributed by atoms with van der Waals surface area (Å²) in [7, 11) is 0. The van der Waals surface area contributed by atoms with Crippen LogP contribution in [0.1, 0.15) is 5.69 Å². The first-order chi connectivity index (χ1) is 12.1. The number of rotatable bonds is 3. The molecule has 7 nitrogen and oxygen atoms in total. The van der Waals surface area contributed by atoms with Crippen molar-refractivity contribution in [3.63, 3.8) is 0 Å². The van der Waals surface area contributed by atoms with Gasteiger partial charge in [0, 0.05) is 30.1 Å². The molecule has 4 aromatic rings. The summed E-state index contributed by atoms with van der Waals surface area (Å²) in [5, 5.41) is 10.7. The Morgan fingerprint density at radius 2 is 1.96 bits per heavy atom. The fourth-order valence-electron chi connectivity index (χ4n) is 2.42. The normalized spacial score (nSPS) is 11.9. The quantitative estimate of drug-likeness (QED) is 0.418. The molecule has 0 aliphatic rings. The van der Waals surface area contributed by atoms with Gasteiger partial charge in [0.25, 0.3) is 11.2 Å². The first-order valence-corrected chi connectivity index (χ1v) is 8.13. The van der Waals surface area contributed by atoms with Crippen LogP contribution >= 0.6 is 11.3 Å². The number of imidazole rings is 1. The number of hydrogen-bond donors (Lipinski definition) is 0. The Bertz CT molecular complexity index is 1180. The minimum atomic E-state index is -0.453. The van der Waals surface area contributed by atoms with Crippen LogP contribution in [0.25, 0.3) is 22.3 Å². The van der Waals surface area contributed by atoms with E-state index in [0.717, 1.165) is 5.56 Å². The van der Waals surface area contributed by atoms with Crippen molar-refractivity contribution in [1.82, 2.24) is 14.4 Å². The molecule has 0 atom stereocenters. The SMILES string of the molecule is O=c1/c(=C\c2ccccn2)sc2nc(-c3ccc([N+](=O)[O-])cc3)cn12. The van der Waals surface area contributed by atoms with Crippen molar-refractivity contribution >= 4 is 28.1 Å². The van der Waals surface area contributed by atoms with Crippen molar-refractivity contribution < 1.29 is 4.92 Å². The molecule has 122 valence electrons. The Hall–Kier alpha value is -3.39. The molecule has 0 bridgehead atoms. The molecular formula is C17H10N4O3S. The van der Waals surface area contributed by atoms with Gasteiger partial charge in [0.1, 0.15) is 0 Å². The molecule has 0 aliphatic carbocycles. The predicted molar refractivity (Wildman–Crippen MR) is 94.5 cm³/mol. The molecule has 3 aromatic heterocycles. The number of nitro benzene ring substituents is 1. The van der Waals surface area contributed by atoms with E-state index < -0.39 is 4.92 Å². The molecule has 4 rings (SSSR count). The van der Waals surface area contributed by atoms with Crippen LogP contribution in [0.2, 0.25) is 0 Å². The van der Waals surface area contributed by atoms with Crippen LogP contribution in [0.5, 0.6) is 0 Å². The van der Waals surface area contributed by atoms with Gasteiger partial charge in [-0.2, -0.15) is 0 Å². The van der Waals surface area contributed by atoms with Gasteiger partial charge >= 0.3 is 0 Å². The number of benzene rings is 1. The smallest absolute Gasteiger partial charge is 0.267 e. The Morgan fingerprint density at radius 3 is 2.60 bits per heavy atom. The molecule has 0 unspecified atom stereocenters. The van der Waals surface area contributed by atoms with Crippen LogP contribution in [0.3, 0.4) is 0 Å². The number of non-ortho nitro benzene ring substituents is 1. The second-order valence-electron chi connectivity index (χ2n) is 5.25. The van der Waals surface area contributed by atoms with Crippen LogP contribution in [0.15, 0.2) is 59.7 Å². The minimum Gasteiger partial charge on any atom is -0.267 e. The Kier molecular flexibility index (Phi) is 3.58. The van der Waals surface area contributed by atoms with E-state index in [1.54, 1.807) is 30.6 Å². The maximum Gasteiger partial charge on any atom is 0.274 e. The average molecular weight is 350 g/mol. The van der Waals surface area contributed by atoms with Gasteiger partial charge in [-0.3, -0.25) is 24.3 Å². The van der Waals surface area contributed by atoms with Gasteiger partial charge in [-0.15, -0.1) is 0 Å². The molecule has 25 heavy (non-hydrogen) atoms. The summed E-state index contributed by atoms with van der Waals surface area (Å²) in [6.45, 7) is 0. The fourth-order valence-corrected chi connectivity index (χ4v) is 3.36. The second kappa shape index (κ2) is 5.91. The van der Waals surface area contributed by atoms with E-state index in [4.69, 9.17) is 0 Å². The number of thiazole rings is 1. The zero-order chi connectivity index (χ0) is 17.4. The first-order valence-electron chi connectivity index (χ1n) is 7.31. The number of hydrogen-bond acceptors (Lipinski definition) is 6. The molecule has 1 aromatic carbocycles.